The van der Waals surface area contributed by atoms with Gasteiger partial charge in [0.15, 0.2) is 6.10 Å². The van der Waals surface area contributed by atoms with Gasteiger partial charge in [-0.2, -0.15) is 0 Å². The summed E-state index contributed by atoms with van der Waals surface area (Å²) in [6.07, 6.45) is 1.96. The Hall–Kier alpha value is -2.49. The summed E-state index contributed by atoms with van der Waals surface area (Å²) in [4.78, 5) is 12.5. The van der Waals surface area contributed by atoms with Crippen LogP contribution in [0, 0.1) is 0 Å². The van der Waals surface area contributed by atoms with Gasteiger partial charge in [-0.25, -0.2) is 0 Å². The number of hydrogen-bond donors (Lipinski definition) is 1. The summed E-state index contributed by atoms with van der Waals surface area (Å²) in [6, 6.07) is 16.2. The van der Waals surface area contributed by atoms with Crippen LogP contribution in [0.3, 0.4) is 0 Å². The summed E-state index contributed by atoms with van der Waals surface area (Å²) in [5.74, 6) is 1.57. The average Bonchev–Trinajstić information content (AvgIpc) is 2.70. The summed E-state index contributed by atoms with van der Waals surface area (Å²) in [5.41, 5.74) is 2.59. The third kappa shape index (κ3) is 7.45. The monoisotopic (exact) mass is 397 g/mol. The van der Waals surface area contributed by atoms with Crippen molar-refractivity contribution in [2.75, 3.05) is 13.2 Å². The van der Waals surface area contributed by atoms with E-state index in [9.17, 15) is 4.79 Å². The van der Waals surface area contributed by atoms with Crippen LogP contribution in [0.15, 0.2) is 48.5 Å². The fraction of sp³-hybridized carbons (Fsp3) is 0.480. The van der Waals surface area contributed by atoms with Crippen LogP contribution in [0.5, 0.6) is 11.5 Å². The molecule has 0 aliphatic rings. The van der Waals surface area contributed by atoms with Crippen molar-refractivity contribution < 1.29 is 14.3 Å². The van der Waals surface area contributed by atoms with Crippen LogP contribution in [0.2, 0.25) is 0 Å². The Morgan fingerprint density at radius 3 is 2.14 bits per heavy atom. The minimum Gasteiger partial charge on any atom is -0.494 e. The first-order valence-corrected chi connectivity index (χ1v) is 10.6. The molecule has 0 saturated heterocycles. The van der Waals surface area contributed by atoms with Crippen molar-refractivity contribution in [3.63, 3.8) is 0 Å². The van der Waals surface area contributed by atoms with Crippen molar-refractivity contribution >= 4 is 5.91 Å². The molecule has 1 unspecified atom stereocenters. The molecule has 4 nitrogen and oxygen atoms in total. The molecule has 0 fully saturated rings. The Labute approximate surface area is 175 Å². The summed E-state index contributed by atoms with van der Waals surface area (Å²) < 4.78 is 11.4. The summed E-state index contributed by atoms with van der Waals surface area (Å²) in [6.45, 7) is 11.8. The SMILES string of the molecule is CCOc1ccc(CCCNC(=O)C(CC)Oc2ccc(C(C)(C)C)cc2)cc1. The molecule has 0 aliphatic carbocycles. The highest BCUT2D eigenvalue weighted by atomic mass is 16.5. The first kappa shape index (κ1) is 22.8. The molecule has 2 rings (SSSR count). The standard InChI is InChI=1S/C25H35NO3/c1-6-23(29-22-16-12-20(13-17-22)25(3,4)5)24(27)26-18-8-9-19-10-14-21(15-11-19)28-7-2/h10-17,23H,6-9,18H2,1-5H3,(H,26,27). The molecule has 0 spiro atoms. The highest BCUT2D eigenvalue weighted by Gasteiger charge is 2.19. The molecule has 1 atom stereocenters. The maximum atomic E-state index is 12.5. The van der Waals surface area contributed by atoms with Crippen LogP contribution >= 0.6 is 0 Å². The van der Waals surface area contributed by atoms with Crippen molar-refractivity contribution in [1.29, 1.82) is 0 Å². The molecule has 0 aliphatic heterocycles. The van der Waals surface area contributed by atoms with E-state index in [1.807, 2.05) is 38.1 Å². The second-order valence-electron chi connectivity index (χ2n) is 8.26. The Morgan fingerprint density at radius 2 is 1.59 bits per heavy atom. The molecule has 0 bridgehead atoms. The van der Waals surface area contributed by atoms with Gasteiger partial charge in [-0.05, 0) is 67.0 Å². The van der Waals surface area contributed by atoms with Crippen LogP contribution < -0.4 is 14.8 Å². The molecule has 0 aromatic heterocycles. The van der Waals surface area contributed by atoms with E-state index in [1.54, 1.807) is 0 Å². The maximum absolute atomic E-state index is 12.5. The molecule has 0 heterocycles. The molecular weight excluding hydrogens is 362 g/mol. The highest BCUT2D eigenvalue weighted by Crippen LogP contribution is 2.25. The lowest BCUT2D eigenvalue weighted by atomic mass is 9.87. The average molecular weight is 398 g/mol. The van der Waals surface area contributed by atoms with E-state index < -0.39 is 6.10 Å². The smallest absolute Gasteiger partial charge is 0.261 e. The zero-order chi connectivity index (χ0) is 21.3. The van der Waals surface area contributed by atoms with Crippen LogP contribution in [-0.2, 0) is 16.6 Å². The predicted molar refractivity (Wildman–Crippen MR) is 119 cm³/mol. The molecule has 4 heteroatoms. The second kappa shape index (κ2) is 10.9. The highest BCUT2D eigenvalue weighted by molar-refractivity contribution is 5.81. The Bertz CT molecular complexity index is 745. The fourth-order valence-corrected chi connectivity index (χ4v) is 3.06. The quantitative estimate of drug-likeness (QED) is 0.554. The summed E-state index contributed by atoms with van der Waals surface area (Å²) in [7, 11) is 0. The summed E-state index contributed by atoms with van der Waals surface area (Å²) in [5, 5.41) is 3.00. The molecule has 2 aromatic rings. The molecule has 0 radical (unpaired) electrons. The van der Waals surface area contributed by atoms with E-state index in [0.717, 1.165) is 24.3 Å². The fourth-order valence-electron chi connectivity index (χ4n) is 3.06. The zero-order valence-corrected chi connectivity index (χ0v) is 18.5. The number of carbonyl (C=O) groups is 1. The number of aryl methyl sites for hydroxylation is 1. The van der Waals surface area contributed by atoms with Gasteiger partial charge >= 0.3 is 0 Å². The number of rotatable bonds is 10. The van der Waals surface area contributed by atoms with E-state index in [2.05, 4.69) is 50.4 Å². The van der Waals surface area contributed by atoms with E-state index in [0.29, 0.717) is 19.6 Å². The largest absolute Gasteiger partial charge is 0.494 e. The van der Waals surface area contributed by atoms with Crippen molar-refractivity contribution in [2.24, 2.45) is 0 Å². The maximum Gasteiger partial charge on any atom is 0.261 e. The van der Waals surface area contributed by atoms with E-state index in [4.69, 9.17) is 9.47 Å². The first-order valence-electron chi connectivity index (χ1n) is 10.6. The van der Waals surface area contributed by atoms with Gasteiger partial charge in [0.1, 0.15) is 11.5 Å². The van der Waals surface area contributed by atoms with Gasteiger partial charge in [0, 0.05) is 6.54 Å². The van der Waals surface area contributed by atoms with Gasteiger partial charge in [0.2, 0.25) is 0 Å². The van der Waals surface area contributed by atoms with Gasteiger partial charge in [-0.15, -0.1) is 0 Å². The number of carbonyl (C=O) groups excluding carboxylic acids is 1. The van der Waals surface area contributed by atoms with Crippen molar-refractivity contribution in [3.05, 3.63) is 59.7 Å². The Morgan fingerprint density at radius 1 is 0.966 bits per heavy atom. The topological polar surface area (TPSA) is 47.6 Å². The van der Waals surface area contributed by atoms with Crippen LogP contribution in [0.25, 0.3) is 0 Å². The molecule has 1 amide bonds. The lowest BCUT2D eigenvalue weighted by molar-refractivity contribution is -0.128. The molecule has 158 valence electrons. The Balaban J connectivity index is 1.77. The summed E-state index contributed by atoms with van der Waals surface area (Å²) >= 11 is 0. The van der Waals surface area contributed by atoms with Crippen molar-refractivity contribution in [1.82, 2.24) is 5.32 Å². The normalized spacial score (nSPS) is 12.3. The third-order valence-electron chi connectivity index (χ3n) is 4.84. The predicted octanol–water partition coefficient (Wildman–Crippen LogP) is 5.29. The lowest BCUT2D eigenvalue weighted by Crippen LogP contribution is -2.38. The lowest BCUT2D eigenvalue weighted by Gasteiger charge is -2.21. The van der Waals surface area contributed by atoms with Gasteiger partial charge in [0.05, 0.1) is 6.61 Å². The second-order valence-corrected chi connectivity index (χ2v) is 8.26. The van der Waals surface area contributed by atoms with Crippen molar-refractivity contribution in [2.45, 2.75) is 65.4 Å². The van der Waals surface area contributed by atoms with Gasteiger partial charge in [-0.3, -0.25) is 4.79 Å². The van der Waals surface area contributed by atoms with Gasteiger partial charge in [0.25, 0.3) is 5.91 Å². The minimum atomic E-state index is -0.471. The van der Waals surface area contributed by atoms with Crippen LogP contribution in [0.4, 0.5) is 0 Å². The Kier molecular flexibility index (Phi) is 8.56. The van der Waals surface area contributed by atoms with Gasteiger partial charge in [-0.1, -0.05) is 52.0 Å². The van der Waals surface area contributed by atoms with Gasteiger partial charge < -0.3 is 14.8 Å². The van der Waals surface area contributed by atoms with E-state index in [1.165, 1.54) is 11.1 Å². The zero-order valence-electron chi connectivity index (χ0n) is 18.5. The van der Waals surface area contributed by atoms with Crippen molar-refractivity contribution in [3.8, 4) is 11.5 Å². The first-order chi connectivity index (χ1) is 13.8. The number of benzene rings is 2. The molecule has 2 aromatic carbocycles. The van der Waals surface area contributed by atoms with Crippen LogP contribution in [0.1, 0.15) is 58.6 Å². The minimum absolute atomic E-state index is 0.0564. The number of hydrogen-bond acceptors (Lipinski definition) is 3. The third-order valence-corrected chi connectivity index (χ3v) is 4.84. The van der Waals surface area contributed by atoms with E-state index in [-0.39, 0.29) is 11.3 Å². The molecular formula is C25H35NO3. The number of ether oxygens (including phenoxy) is 2. The number of nitrogens with one attached hydrogen (secondary N) is 1. The number of amides is 1. The molecule has 29 heavy (non-hydrogen) atoms. The van der Waals surface area contributed by atoms with E-state index >= 15 is 0 Å². The van der Waals surface area contributed by atoms with Crippen LogP contribution in [-0.4, -0.2) is 25.2 Å². The molecule has 0 saturated carbocycles. The molecule has 1 N–H and O–H groups in total.